The fourth-order valence-electron chi connectivity index (χ4n) is 0.690. The van der Waals surface area contributed by atoms with E-state index < -0.39 is 15.6 Å². The summed E-state index contributed by atoms with van der Waals surface area (Å²) in [4.78, 5) is 25.2. The molecule has 0 heterocycles. The lowest BCUT2D eigenvalue weighted by molar-refractivity contribution is 0.176. The average Bonchev–Trinajstić information content (AvgIpc) is 1.93. The van der Waals surface area contributed by atoms with Gasteiger partial charge in [0.2, 0.25) is 0 Å². The van der Waals surface area contributed by atoms with Gasteiger partial charge in [-0.1, -0.05) is 19.8 Å². The summed E-state index contributed by atoms with van der Waals surface area (Å²) < 4.78 is 28.9. The van der Waals surface area contributed by atoms with E-state index in [9.17, 15) is 9.13 Å². The quantitative estimate of drug-likeness (QED) is 0.461. The molecular formula is C5H14O7P2. The molecule has 0 aliphatic rings. The Balaban J connectivity index is 3.85. The van der Waals surface area contributed by atoms with E-state index in [4.69, 9.17) is 14.7 Å². The molecule has 86 valence electrons. The predicted octanol–water partition coefficient (Wildman–Crippen LogP) is 1.40. The second-order valence-corrected chi connectivity index (χ2v) is 5.41. The maximum Gasteiger partial charge on any atom is 0.481 e. The Hall–Kier alpha value is 0.260. The summed E-state index contributed by atoms with van der Waals surface area (Å²) in [5.41, 5.74) is 0. The molecule has 0 aliphatic heterocycles. The van der Waals surface area contributed by atoms with Crippen LogP contribution in [0.1, 0.15) is 26.2 Å². The highest BCUT2D eigenvalue weighted by molar-refractivity contribution is 7.60. The lowest BCUT2D eigenvalue weighted by Gasteiger charge is -2.11. The molecule has 14 heavy (non-hydrogen) atoms. The van der Waals surface area contributed by atoms with Gasteiger partial charge in [0.25, 0.3) is 0 Å². The molecule has 0 rings (SSSR count). The highest BCUT2D eigenvalue weighted by Crippen LogP contribution is 2.57. The zero-order valence-electron chi connectivity index (χ0n) is 7.70. The van der Waals surface area contributed by atoms with E-state index in [1.807, 2.05) is 6.92 Å². The third-order valence-electron chi connectivity index (χ3n) is 1.21. The molecule has 3 N–H and O–H groups in total. The van der Waals surface area contributed by atoms with E-state index in [0.29, 0.717) is 6.42 Å². The minimum Gasteiger partial charge on any atom is -0.302 e. The minimum absolute atomic E-state index is 0.0678. The van der Waals surface area contributed by atoms with Gasteiger partial charge in [0, 0.05) is 0 Å². The zero-order chi connectivity index (χ0) is 11.2. The molecule has 9 heteroatoms. The molecule has 7 nitrogen and oxygen atoms in total. The van der Waals surface area contributed by atoms with Crippen LogP contribution in [0.5, 0.6) is 0 Å². The standard InChI is InChI=1S/C5H14O7P2/c1-2-3-4-5-11-14(9,10)12-13(6,7)8/h2-5H2,1H3,(H,9,10)(H2,6,7,8). The first-order chi connectivity index (χ1) is 6.27. The van der Waals surface area contributed by atoms with Crippen molar-refractivity contribution >= 4 is 15.6 Å². The van der Waals surface area contributed by atoms with E-state index in [-0.39, 0.29) is 6.61 Å². The summed E-state index contributed by atoms with van der Waals surface area (Å²) in [5.74, 6) is 0. The number of rotatable bonds is 7. The topological polar surface area (TPSA) is 113 Å². The minimum atomic E-state index is -4.98. The van der Waals surface area contributed by atoms with E-state index in [1.165, 1.54) is 0 Å². The fourth-order valence-corrected chi connectivity index (χ4v) is 2.31. The summed E-state index contributed by atoms with van der Waals surface area (Å²) in [7, 11) is -9.60. The molecule has 1 unspecified atom stereocenters. The first-order valence-electron chi connectivity index (χ1n) is 4.01. The maximum atomic E-state index is 10.8. The number of hydrogen-bond donors (Lipinski definition) is 3. The van der Waals surface area contributed by atoms with Gasteiger partial charge in [-0.25, -0.2) is 9.13 Å². The molecule has 0 aliphatic carbocycles. The molecule has 0 saturated carbocycles. The molecule has 0 radical (unpaired) electrons. The van der Waals surface area contributed by atoms with Crippen molar-refractivity contribution in [2.24, 2.45) is 0 Å². The Morgan fingerprint density at radius 2 is 1.71 bits per heavy atom. The first-order valence-corrected chi connectivity index (χ1v) is 7.03. The Morgan fingerprint density at radius 1 is 1.14 bits per heavy atom. The van der Waals surface area contributed by atoms with Gasteiger partial charge in [0.05, 0.1) is 6.61 Å². The number of phosphoric acid groups is 2. The SMILES string of the molecule is CCCCCOP(=O)(O)OP(=O)(O)O. The van der Waals surface area contributed by atoms with Crippen molar-refractivity contribution in [3.63, 3.8) is 0 Å². The summed E-state index contributed by atoms with van der Waals surface area (Å²) >= 11 is 0. The van der Waals surface area contributed by atoms with Crippen LogP contribution in [0.2, 0.25) is 0 Å². The second kappa shape index (κ2) is 5.98. The van der Waals surface area contributed by atoms with E-state index in [2.05, 4.69) is 8.83 Å². The highest BCUT2D eigenvalue weighted by atomic mass is 31.3. The molecule has 0 spiro atoms. The van der Waals surface area contributed by atoms with Gasteiger partial charge in [-0.2, -0.15) is 4.31 Å². The molecule has 1 atom stereocenters. The molecule has 0 fully saturated rings. The molecule has 0 aromatic carbocycles. The van der Waals surface area contributed by atoms with Crippen molar-refractivity contribution in [1.29, 1.82) is 0 Å². The van der Waals surface area contributed by atoms with Crippen LogP contribution in [-0.2, 0) is 18.0 Å². The molecule has 0 saturated heterocycles. The van der Waals surface area contributed by atoms with Crippen molar-refractivity contribution in [2.75, 3.05) is 6.61 Å². The third-order valence-corrected chi connectivity index (χ3v) is 3.40. The van der Waals surface area contributed by atoms with E-state index >= 15 is 0 Å². The molecule has 0 aromatic heterocycles. The van der Waals surface area contributed by atoms with Crippen molar-refractivity contribution in [2.45, 2.75) is 26.2 Å². The first kappa shape index (κ1) is 14.3. The third kappa shape index (κ3) is 8.84. The lowest BCUT2D eigenvalue weighted by Crippen LogP contribution is -1.95. The fraction of sp³-hybridized carbons (Fsp3) is 1.00. The summed E-state index contributed by atoms with van der Waals surface area (Å²) in [6.45, 7) is 1.87. The second-order valence-electron chi connectivity index (χ2n) is 2.58. The van der Waals surface area contributed by atoms with Crippen molar-refractivity contribution in [3.8, 4) is 0 Å². The van der Waals surface area contributed by atoms with Crippen molar-refractivity contribution < 1.29 is 32.6 Å². The zero-order valence-corrected chi connectivity index (χ0v) is 9.49. The number of phosphoric ester groups is 1. The van der Waals surface area contributed by atoms with Crippen molar-refractivity contribution in [3.05, 3.63) is 0 Å². The van der Waals surface area contributed by atoms with Crippen LogP contribution in [0.4, 0.5) is 0 Å². The van der Waals surface area contributed by atoms with Gasteiger partial charge in [-0.15, -0.1) is 0 Å². The van der Waals surface area contributed by atoms with Gasteiger partial charge in [0.15, 0.2) is 0 Å². The molecular weight excluding hydrogens is 234 g/mol. The Kier molecular flexibility index (Phi) is 6.09. The van der Waals surface area contributed by atoms with Gasteiger partial charge >= 0.3 is 15.6 Å². The number of hydrogen-bond acceptors (Lipinski definition) is 4. The van der Waals surface area contributed by atoms with Gasteiger partial charge < -0.3 is 14.7 Å². The average molecular weight is 248 g/mol. The summed E-state index contributed by atoms with van der Waals surface area (Å²) in [6.07, 6.45) is 2.24. The smallest absolute Gasteiger partial charge is 0.302 e. The monoisotopic (exact) mass is 248 g/mol. The van der Waals surface area contributed by atoms with Crippen LogP contribution >= 0.6 is 15.6 Å². The Morgan fingerprint density at radius 3 is 2.14 bits per heavy atom. The molecule has 0 amide bonds. The molecule has 0 aromatic rings. The van der Waals surface area contributed by atoms with Crippen LogP contribution < -0.4 is 0 Å². The normalized spacial score (nSPS) is 16.6. The van der Waals surface area contributed by atoms with Crippen LogP contribution in [0.3, 0.4) is 0 Å². The van der Waals surface area contributed by atoms with E-state index in [0.717, 1.165) is 12.8 Å². The van der Waals surface area contributed by atoms with Crippen LogP contribution in [-0.4, -0.2) is 21.3 Å². The molecule has 0 bridgehead atoms. The largest absolute Gasteiger partial charge is 0.481 e. The number of unbranched alkanes of at least 4 members (excludes halogenated alkanes) is 2. The Labute approximate surface area is 81.9 Å². The van der Waals surface area contributed by atoms with Crippen LogP contribution in [0, 0.1) is 0 Å². The van der Waals surface area contributed by atoms with E-state index in [1.54, 1.807) is 0 Å². The summed E-state index contributed by atoms with van der Waals surface area (Å²) in [6, 6.07) is 0. The van der Waals surface area contributed by atoms with Gasteiger partial charge in [-0.3, -0.25) is 4.52 Å². The lowest BCUT2D eigenvalue weighted by atomic mass is 10.3. The highest BCUT2D eigenvalue weighted by Gasteiger charge is 2.31. The van der Waals surface area contributed by atoms with Crippen LogP contribution in [0.15, 0.2) is 0 Å². The van der Waals surface area contributed by atoms with Gasteiger partial charge in [-0.05, 0) is 6.42 Å². The summed E-state index contributed by atoms with van der Waals surface area (Å²) in [5, 5.41) is 0. The van der Waals surface area contributed by atoms with Crippen molar-refractivity contribution in [1.82, 2.24) is 0 Å². The van der Waals surface area contributed by atoms with Crippen LogP contribution in [0.25, 0.3) is 0 Å². The predicted molar refractivity (Wildman–Crippen MR) is 48.4 cm³/mol. The maximum absolute atomic E-state index is 10.8. The Bertz CT molecular complexity index is 246. The van der Waals surface area contributed by atoms with Gasteiger partial charge in [0.1, 0.15) is 0 Å².